The van der Waals surface area contributed by atoms with Crippen LogP contribution in [0.4, 0.5) is 0 Å². The molecule has 0 spiro atoms. The molecular formula is C23H25Cl2N3O5S. The SMILES string of the molecule is CC[C@@H](C)NC(=O)[C@H](C)N(Cc1ccc(Cl)c(Cl)c1)C(=O)CN1C(=O)c2ccccc2S1(=O)=O. The minimum atomic E-state index is -4.18. The van der Waals surface area contributed by atoms with E-state index in [2.05, 4.69) is 5.32 Å². The smallest absolute Gasteiger partial charge is 0.269 e. The minimum absolute atomic E-state index is 0.00824. The topological polar surface area (TPSA) is 104 Å². The average Bonchev–Trinajstić information content (AvgIpc) is 2.99. The molecule has 1 N–H and O–H groups in total. The van der Waals surface area contributed by atoms with E-state index in [9.17, 15) is 22.8 Å². The summed E-state index contributed by atoms with van der Waals surface area (Å²) in [6.07, 6.45) is 0.692. The maximum atomic E-state index is 13.4. The lowest BCUT2D eigenvalue weighted by Crippen LogP contribution is -2.52. The van der Waals surface area contributed by atoms with Crippen LogP contribution in [0.15, 0.2) is 47.4 Å². The maximum absolute atomic E-state index is 13.4. The molecule has 3 rings (SSSR count). The fourth-order valence-corrected chi connectivity index (χ4v) is 5.32. The minimum Gasteiger partial charge on any atom is -0.352 e. The Hall–Kier alpha value is -2.62. The summed E-state index contributed by atoms with van der Waals surface area (Å²) in [6, 6.07) is 9.50. The van der Waals surface area contributed by atoms with Gasteiger partial charge in [-0.25, -0.2) is 12.7 Å². The summed E-state index contributed by atoms with van der Waals surface area (Å²) < 4.78 is 26.4. The number of fused-ring (bicyclic) bond motifs is 1. The van der Waals surface area contributed by atoms with Gasteiger partial charge in [0.05, 0.1) is 15.6 Å². The lowest BCUT2D eigenvalue weighted by Gasteiger charge is -2.31. The number of carbonyl (C=O) groups is 3. The van der Waals surface area contributed by atoms with E-state index < -0.39 is 40.3 Å². The van der Waals surface area contributed by atoms with Gasteiger partial charge in [0.1, 0.15) is 17.5 Å². The third-order valence-corrected chi connectivity index (χ3v) is 8.22. The Morgan fingerprint density at radius 2 is 1.76 bits per heavy atom. The van der Waals surface area contributed by atoms with Crippen molar-refractivity contribution in [3.63, 3.8) is 0 Å². The third kappa shape index (κ3) is 5.21. The van der Waals surface area contributed by atoms with Gasteiger partial charge in [0.2, 0.25) is 11.8 Å². The molecule has 0 bridgehead atoms. The van der Waals surface area contributed by atoms with Crippen LogP contribution in [0.25, 0.3) is 0 Å². The monoisotopic (exact) mass is 525 g/mol. The molecule has 0 aliphatic carbocycles. The molecule has 2 aromatic carbocycles. The Morgan fingerprint density at radius 3 is 2.38 bits per heavy atom. The van der Waals surface area contributed by atoms with Crippen LogP contribution >= 0.6 is 23.2 Å². The van der Waals surface area contributed by atoms with Gasteiger partial charge in [-0.1, -0.05) is 48.3 Å². The highest BCUT2D eigenvalue weighted by molar-refractivity contribution is 7.90. The van der Waals surface area contributed by atoms with E-state index in [4.69, 9.17) is 23.2 Å². The van der Waals surface area contributed by atoms with Crippen molar-refractivity contribution in [3.05, 3.63) is 63.6 Å². The molecule has 0 saturated carbocycles. The molecule has 0 unspecified atom stereocenters. The molecule has 0 radical (unpaired) electrons. The van der Waals surface area contributed by atoms with Crippen molar-refractivity contribution in [1.82, 2.24) is 14.5 Å². The number of hydrogen-bond donors (Lipinski definition) is 1. The summed E-state index contributed by atoms with van der Waals surface area (Å²) in [6.45, 7) is 4.51. The van der Waals surface area contributed by atoms with E-state index in [1.165, 1.54) is 23.1 Å². The molecule has 182 valence electrons. The molecule has 2 atom stereocenters. The van der Waals surface area contributed by atoms with E-state index in [1.807, 2.05) is 13.8 Å². The first-order valence-corrected chi connectivity index (χ1v) is 12.9. The highest BCUT2D eigenvalue weighted by atomic mass is 35.5. The zero-order valence-electron chi connectivity index (χ0n) is 18.9. The number of sulfonamides is 1. The van der Waals surface area contributed by atoms with Gasteiger partial charge >= 0.3 is 0 Å². The Kier molecular flexibility index (Phi) is 7.90. The van der Waals surface area contributed by atoms with Gasteiger partial charge in [-0.3, -0.25) is 14.4 Å². The first-order chi connectivity index (χ1) is 16.0. The van der Waals surface area contributed by atoms with Gasteiger partial charge < -0.3 is 10.2 Å². The average molecular weight is 526 g/mol. The lowest BCUT2D eigenvalue weighted by atomic mass is 10.1. The van der Waals surface area contributed by atoms with Crippen LogP contribution in [0.1, 0.15) is 43.1 Å². The van der Waals surface area contributed by atoms with Gasteiger partial charge in [-0.05, 0) is 50.1 Å². The number of rotatable bonds is 8. The van der Waals surface area contributed by atoms with Crippen LogP contribution in [-0.2, 0) is 26.2 Å². The summed E-state index contributed by atoms with van der Waals surface area (Å²) >= 11 is 12.1. The summed E-state index contributed by atoms with van der Waals surface area (Å²) in [5, 5.41) is 3.43. The Morgan fingerprint density at radius 1 is 1.09 bits per heavy atom. The normalized spacial score (nSPS) is 16.0. The highest BCUT2D eigenvalue weighted by Gasteiger charge is 2.43. The van der Waals surface area contributed by atoms with E-state index in [1.54, 1.807) is 31.2 Å². The van der Waals surface area contributed by atoms with Gasteiger partial charge in [0.15, 0.2) is 0 Å². The largest absolute Gasteiger partial charge is 0.352 e. The van der Waals surface area contributed by atoms with Crippen molar-refractivity contribution in [3.8, 4) is 0 Å². The Balaban J connectivity index is 1.90. The van der Waals surface area contributed by atoms with Crippen LogP contribution < -0.4 is 5.32 Å². The zero-order chi connectivity index (χ0) is 25.2. The molecule has 1 aliphatic rings. The number of carbonyl (C=O) groups excluding carboxylic acids is 3. The second-order valence-electron chi connectivity index (χ2n) is 8.08. The lowest BCUT2D eigenvalue weighted by molar-refractivity contribution is -0.140. The van der Waals surface area contributed by atoms with Crippen LogP contribution in [0, 0.1) is 0 Å². The predicted molar refractivity (Wildman–Crippen MR) is 129 cm³/mol. The maximum Gasteiger partial charge on any atom is 0.269 e. The summed E-state index contributed by atoms with van der Waals surface area (Å²) in [7, 11) is -4.18. The standard InChI is InChI=1S/C23H25Cl2N3O5S/c1-4-14(2)26-22(30)15(3)27(12-16-9-10-18(24)19(25)11-16)21(29)13-28-23(31)17-7-5-6-8-20(17)34(28,32)33/h5-11,14-15H,4,12-13H2,1-3H3,(H,26,30)/t14-,15+/m1/s1. The van der Waals surface area contributed by atoms with Crippen LogP contribution in [0.5, 0.6) is 0 Å². The summed E-state index contributed by atoms with van der Waals surface area (Å²) in [5.74, 6) is -1.89. The third-order valence-electron chi connectivity index (χ3n) is 5.70. The quantitative estimate of drug-likeness (QED) is 0.568. The summed E-state index contributed by atoms with van der Waals surface area (Å²) in [5.41, 5.74) is 0.596. The molecule has 0 saturated heterocycles. The van der Waals surface area contributed by atoms with E-state index in [-0.39, 0.29) is 28.1 Å². The number of benzene rings is 2. The first-order valence-electron chi connectivity index (χ1n) is 10.7. The molecule has 0 aromatic heterocycles. The van der Waals surface area contributed by atoms with E-state index in [0.717, 1.165) is 0 Å². The molecule has 8 nitrogen and oxygen atoms in total. The highest BCUT2D eigenvalue weighted by Crippen LogP contribution is 2.30. The molecular weight excluding hydrogens is 501 g/mol. The number of nitrogens with zero attached hydrogens (tertiary/aromatic N) is 2. The van der Waals surface area contributed by atoms with Crippen LogP contribution in [0.2, 0.25) is 10.0 Å². The molecule has 11 heteroatoms. The van der Waals surface area contributed by atoms with Crippen molar-refractivity contribution < 1.29 is 22.8 Å². The Labute approximate surface area is 208 Å². The van der Waals surface area contributed by atoms with Gasteiger partial charge in [0.25, 0.3) is 15.9 Å². The van der Waals surface area contributed by atoms with Crippen molar-refractivity contribution >= 4 is 50.9 Å². The summed E-state index contributed by atoms with van der Waals surface area (Å²) in [4.78, 5) is 40.0. The number of hydrogen-bond acceptors (Lipinski definition) is 5. The second-order valence-corrected chi connectivity index (χ2v) is 10.7. The van der Waals surface area contributed by atoms with Crippen molar-refractivity contribution in [2.45, 2.75) is 50.7 Å². The number of halogens is 2. The van der Waals surface area contributed by atoms with E-state index >= 15 is 0 Å². The Bertz CT molecular complexity index is 1230. The van der Waals surface area contributed by atoms with Crippen molar-refractivity contribution in [2.75, 3.05) is 6.54 Å². The molecule has 0 fully saturated rings. The fraction of sp³-hybridized carbons (Fsp3) is 0.348. The second kappa shape index (κ2) is 10.3. The first kappa shape index (κ1) is 26.0. The van der Waals surface area contributed by atoms with Crippen LogP contribution in [-0.4, -0.2) is 54.0 Å². The number of nitrogens with one attached hydrogen (secondary N) is 1. The fourth-order valence-electron chi connectivity index (χ4n) is 3.48. The van der Waals surface area contributed by atoms with Crippen molar-refractivity contribution in [2.24, 2.45) is 0 Å². The van der Waals surface area contributed by atoms with Gasteiger partial charge in [0, 0.05) is 12.6 Å². The van der Waals surface area contributed by atoms with Crippen molar-refractivity contribution in [1.29, 1.82) is 0 Å². The predicted octanol–water partition coefficient (Wildman–Crippen LogP) is 3.47. The zero-order valence-corrected chi connectivity index (χ0v) is 21.2. The molecule has 3 amide bonds. The molecule has 34 heavy (non-hydrogen) atoms. The molecule has 2 aromatic rings. The van der Waals surface area contributed by atoms with Gasteiger partial charge in [-0.15, -0.1) is 0 Å². The van der Waals surface area contributed by atoms with E-state index in [0.29, 0.717) is 21.3 Å². The van der Waals surface area contributed by atoms with Gasteiger partial charge in [-0.2, -0.15) is 0 Å². The molecule has 1 heterocycles. The molecule has 1 aliphatic heterocycles. The van der Waals surface area contributed by atoms with Crippen LogP contribution in [0.3, 0.4) is 0 Å². The number of amides is 3.